The van der Waals surface area contributed by atoms with Crippen molar-refractivity contribution in [2.75, 3.05) is 0 Å². The second-order valence-corrected chi connectivity index (χ2v) is 5.14. The number of hydrogen-bond donors (Lipinski definition) is 1. The van der Waals surface area contributed by atoms with Crippen molar-refractivity contribution in [3.8, 4) is 0 Å². The van der Waals surface area contributed by atoms with Crippen LogP contribution < -0.4 is 0 Å². The van der Waals surface area contributed by atoms with Crippen molar-refractivity contribution >= 4 is 12.2 Å². The first-order chi connectivity index (χ1) is 7.15. The normalized spacial score (nSPS) is 18.4. The van der Waals surface area contributed by atoms with Gasteiger partial charge in [-0.2, -0.15) is 5.10 Å². The van der Waals surface area contributed by atoms with Gasteiger partial charge in [0.1, 0.15) is 5.82 Å². The van der Waals surface area contributed by atoms with Gasteiger partial charge in [0.25, 0.3) is 0 Å². The van der Waals surface area contributed by atoms with Crippen molar-refractivity contribution in [1.29, 1.82) is 0 Å². The van der Waals surface area contributed by atoms with Gasteiger partial charge in [0.15, 0.2) is 4.77 Å². The Labute approximate surface area is 95.9 Å². The smallest absolute Gasteiger partial charge is 0.195 e. The molecule has 84 valence electrons. The van der Waals surface area contributed by atoms with Crippen molar-refractivity contribution in [3.05, 3.63) is 10.6 Å². The van der Waals surface area contributed by atoms with E-state index in [0.717, 1.165) is 11.2 Å². The Balaban J connectivity index is 2.39. The lowest BCUT2D eigenvalue weighted by Gasteiger charge is -2.22. The minimum Gasteiger partial charge on any atom is -0.301 e. The van der Waals surface area contributed by atoms with Crippen molar-refractivity contribution in [3.63, 3.8) is 0 Å². The van der Waals surface area contributed by atoms with Crippen LogP contribution in [-0.2, 0) is 0 Å². The van der Waals surface area contributed by atoms with Gasteiger partial charge in [-0.05, 0) is 37.4 Å². The third-order valence-corrected chi connectivity index (χ3v) is 3.48. The van der Waals surface area contributed by atoms with Gasteiger partial charge in [0, 0.05) is 12.0 Å². The summed E-state index contributed by atoms with van der Waals surface area (Å²) in [4.78, 5) is 0. The molecule has 0 saturated heterocycles. The highest BCUT2D eigenvalue weighted by Crippen LogP contribution is 2.40. The summed E-state index contributed by atoms with van der Waals surface area (Å²) in [6, 6.07) is 0.492. The third-order valence-electron chi connectivity index (χ3n) is 3.19. The van der Waals surface area contributed by atoms with E-state index in [-0.39, 0.29) is 0 Å². The first-order valence-electron chi connectivity index (χ1n) is 5.82. The van der Waals surface area contributed by atoms with Crippen LogP contribution in [0.4, 0.5) is 0 Å². The number of nitrogens with zero attached hydrogens (tertiary/aromatic N) is 2. The molecule has 1 saturated carbocycles. The van der Waals surface area contributed by atoms with Crippen LogP contribution in [0.1, 0.15) is 57.8 Å². The molecule has 1 fully saturated rings. The minimum atomic E-state index is 0.492. The average molecular weight is 225 g/mol. The minimum absolute atomic E-state index is 0.492. The third kappa shape index (κ3) is 2.00. The Morgan fingerprint density at radius 1 is 1.53 bits per heavy atom. The number of rotatable bonds is 4. The largest absolute Gasteiger partial charge is 0.301 e. The first-order valence-corrected chi connectivity index (χ1v) is 6.22. The monoisotopic (exact) mass is 225 g/mol. The average Bonchev–Trinajstić information content (AvgIpc) is 2.95. The lowest BCUT2D eigenvalue weighted by Crippen LogP contribution is -2.17. The molecule has 0 aliphatic heterocycles. The SMILES string of the molecule is CCC(C(C)C)n1c(C2CC2)n[nH]c1=S. The second kappa shape index (κ2) is 4.08. The summed E-state index contributed by atoms with van der Waals surface area (Å²) in [5, 5.41) is 7.32. The first kappa shape index (κ1) is 10.9. The molecule has 1 heterocycles. The van der Waals surface area contributed by atoms with Gasteiger partial charge in [-0.3, -0.25) is 5.10 Å². The Morgan fingerprint density at radius 3 is 2.67 bits per heavy atom. The number of aromatic nitrogens is 3. The molecule has 3 nitrogen and oxygen atoms in total. The maximum atomic E-state index is 5.33. The fourth-order valence-electron chi connectivity index (χ4n) is 2.22. The second-order valence-electron chi connectivity index (χ2n) is 4.75. The van der Waals surface area contributed by atoms with Crippen molar-refractivity contribution < 1.29 is 0 Å². The van der Waals surface area contributed by atoms with E-state index in [2.05, 4.69) is 35.5 Å². The van der Waals surface area contributed by atoms with Gasteiger partial charge in [-0.1, -0.05) is 20.8 Å². The van der Waals surface area contributed by atoms with Crippen LogP contribution in [0, 0.1) is 10.7 Å². The van der Waals surface area contributed by atoms with E-state index in [1.807, 2.05) is 0 Å². The summed E-state index contributed by atoms with van der Waals surface area (Å²) in [5.74, 6) is 2.45. The van der Waals surface area contributed by atoms with Crippen LogP contribution >= 0.6 is 12.2 Å². The highest BCUT2D eigenvalue weighted by molar-refractivity contribution is 7.71. The molecule has 15 heavy (non-hydrogen) atoms. The molecule has 1 N–H and O–H groups in total. The molecular formula is C11H19N3S. The number of hydrogen-bond acceptors (Lipinski definition) is 2. The van der Waals surface area contributed by atoms with Crippen LogP contribution in [0.5, 0.6) is 0 Å². The molecule has 0 radical (unpaired) electrons. The maximum absolute atomic E-state index is 5.33. The lowest BCUT2D eigenvalue weighted by molar-refractivity contribution is 0.353. The van der Waals surface area contributed by atoms with Crippen LogP contribution in [0.3, 0.4) is 0 Å². The molecule has 2 rings (SSSR count). The molecule has 0 bridgehead atoms. The molecule has 0 amide bonds. The van der Waals surface area contributed by atoms with Crippen LogP contribution in [0.15, 0.2) is 0 Å². The van der Waals surface area contributed by atoms with Gasteiger partial charge in [0.2, 0.25) is 0 Å². The fourth-order valence-corrected chi connectivity index (χ4v) is 2.49. The summed E-state index contributed by atoms with van der Waals surface area (Å²) in [6.45, 7) is 6.72. The summed E-state index contributed by atoms with van der Waals surface area (Å²) >= 11 is 5.33. The molecule has 0 aromatic carbocycles. The zero-order chi connectivity index (χ0) is 11.0. The molecule has 1 atom stereocenters. The Hall–Kier alpha value is -0.640. The van der Waals surface area contributed by atoms with Gasteiger partial charge in [0.05, 0.1) is 0 Å². The van der Waals surface area contributed by atoms with Gasteiger partial charge >= 0.3 is 0 Å². The predicted molar refractivity (Wildman–Crippen MR) is 63.6 cm³/mol. The van der Waals surface area contributed by atoms with Crippen molar-refractivity contribution in [1.82, 2.24) is 14.8 Å². The van der Waals surface area contributed by atoms with E-state index >= 15 is 0 Å². The van der Waals surface area contributed by atoms with Gasteiger partial charge in [-0.25, -0.2) is 0 Å². The van der Waals surface area contributed by atoms with Crippen LogP contribution in [-0.4, -0.2) is 14.8 Å². The Kier molecular flexibility index (Phi) is 2.96. The highest BCUT2D eigenvalue weighted by atomic mass is 32.1. The maximum Gasteiger partial charge on any atom is 0.195 e. The van der Waals surface area contributed by atoms with E-state index in [1.165, 1.54) is 18.7 Å². The summed E-state index contributed by atoms with van der Waals surface area (Å²) in [5.41, 5.74) is 0. The Bertz CT molecular complexity index is 387. The molecule has 1 aromatic heterocycles. The van der Waals surface area contributed by atoms with E-state index in [1.54, 1.807) is 0 Å². The quantitative estimate of drug-likeness (QED) is 0.796. The number of H-pyrrole nitrogens is 1. The molecule has 1 unspecified atom stereocenters. The van der Waals surface area contributed by atoms with Crippen LogP contribution in [0.2, 0.25) is 0 Å². The summed E-state index contributed by atoms with van der Waals surface area (Å²) in [6.07, 6.45) is 3.66. The lowest BCUT2D eigenvalue weighted by atomic mass is 10.0. The number of aromatic amines is 1. The van der Waals surface area contributed by atoms with Crippen molar-refractivity contribution in [2.45, 2.75) is 52.0 Å². The molecular weight excluding hydrogens is 206 g/mol. The molecule has 0 spiro atoms. The highest BCUT2D eigenvalue weighted by Gasteiger charge is 2.31. The van der Waals surface area contributed by atoms with E-state index in [9.17, 15) is 0 Å². The summed E-state index contributed by atoms with van der Waals surface area (Å²) in [7, 11) is 0. The van der Waals surface area contributed by atoms with E-state index in [4.69, 9.17) is 12.2 Å². The molecule has 1 aromatic rings. The standard InChI is InChI=1S/C11H19N3S/c1-4-9(7(2)3)14-10(8-5-6-8)12-13-11(14)15/h7-9H,4-6H2,1-3H3,(H,13,15). The van der Waals surface area contributed by atoms with Gasteiger partial charge < -0.3 is 4.57 Å². The molecule has 1 aliphatic carbocycles. The van der Waals surface area contributed by atoms with Crippen LogP contribution in [0.25, 0.3) is 0 Å². The number of nitrogens with one attached hydrogen (secondary N) is 1. The topological polar surface area (TPSA) is 33.6 Å². The van der Waals surface area contributed by atoms with Gasteiger partial charge in [-0.15, -0.1) is 0 Å². The Morgan fingerprint density at radius 2 is 2.20 bits per heavy atom. The van der Waals surface area contributed by atoms with E-state index in [0.29, 0.717) is 17.9 Å². The summed E-state index contributed by atoms with van der Waals surface area (Å²) < 4.78 is 3.04. The van der Waals surface area contributed by atoms with Crippen molar-refractivity contribution in [2.24, 2.45) is 5.92 Å². The fraction of sp³-hybridized carbons (Fsp3) is 0.818. The molecule has 4 heteroatoms. The zero-order valence-electron chi connectivity index (χ0n) is 9.66. The zero-order valence-corrected chi connectivity index (χ0v) is 10.5. The molecule has 1 aliphatic rings. The predicted octanol–water partition coefficient (Wildman–Crippen LogP) is 3.43. The van der Waals surface area contributed by atoms with E-state index < -0.39 is 0 Å².